The minimum atomic E-state index is 0.188. The minimum absolute atomic E-state index is 0.188. The Balaban J connectivity index is 2.07. The number of rotatable bonds is 3. The fraction of sp³-hybridized carbons (Fsp3) is 0.818. The molecule has 1 heterocycles. The second-order valence-corrected chi connectivity index (χ2v) is 4.74. The maximum atomic E-state index is 11.7. The normalized spacial score (nSPS) is 24.4. The Labute approximate surface area is 85.2 Å². The highest BCUT2D eigenvalue weighted by Gasteiger charge is 2.37. The van der Waals surface area contributed by atoms with Gasteiger partial charge in [-0.2, -0.15) is 5.10 Å². The molecule has 0 radical (unpaired) electrons. The topological polar surface area (TPSA) is 32.7 Å². The summed E-state index contributed by atoms with van der Waals surface area (Å²) in [6.07, 6.45) is 3.06. The van der Waals surface area contributed by atoms with E-state index in [1.807, 2.05) is 0 Å². The number of hydrazone groups is 1. The molecule has 0 aromatic carbocycles. The molecule has 0 aromatic heterocycles. The van der Waals surface area contributed by atoms with Crippen molar-refractivity contribution < 1.29 is 4.79 Å². The average Bonchev–Trinajstić information content (AvgIpc) is 2.88. The Morgan fingerprint density at radius 2 is 2.00 bits per heavy atom. The largest absolute Gasteiger partial charge is 0.273 e. The summed E-state index contributed by atoms with van der Waals surface area (Å²) in [6, 6.07) is 0.318. The molecule has 2 rings (SSSR count). The van der Waals surface area contributed by atoms with Crippen molar-refractivity contribution in [2.45, 2.75) is 46.1 Å². The van der Waals surface area contributed by atoms with Gasteiger partial charge in [-0.15, -0.1) is 0 Å². The molecule has 2 aliphatic rings. The van der Waals surface area contributed by atoms with Crippen molar-refractivity contribution in [1.29, 1.82) is 0 Å². The molecule has 1 aliphatic carbocycles. The molecule has 1 aliphatic heterocycles. The zero-order chi connectivity index (χ0) is 10.3. The van der Waals surface area contributed by atoms with Crippen LogP contribution in [-0.2, 0) is 4.79 Å². The van der Waals surface area contributed by atoms with Gasteiger partial charge in [0.15, 0.2) is 0 Å². The van der Waals surface area contributed by atoms with Crippen LogP contribution in [0.4, 0.5) is 0 Å². The first-order valence-electron chi connectivity index (χ1n) is 5.49. The second kappa shape index (κ2) is 3.37. The Bertz CT molecular complexity index is 279. The van der Waals surface area contributed by atoms with Crippen molar-refractivity contribution in [1.82, 2.24) is 5.01 Å². The van der Waals surface area contributed by atoms with E-state index in [0.29, 0.717) is 24.3 Å². The first-order chi connectivity index (χ1) is 6.59. The molecule has 1 fully saturated rings. The van der Waals surface area contributed by atoms with Crippen LogP contribution in [-0.4, -0.2) is 22.7 Å². The number of amides is 1. The van der Waals surface area contributed by atoms with Gasteiger partial charge >= 0.3 is 0 Å². The van der Waals surface area contributed by atoms with Gasteiger partial charge in [-0.05, 0) is 31.6 Å². The molecular weight excluding hydrogens is 176 g/mol. The number of carbonyl (C=O) groups excluding carboxylic acids is 1. The van der Waals surface area contributed by atoms with Gasteiger partial charge in [0.2, 0.25) is 5.91 Å². The highest BCUT2D eigenvalue weighted by Crippen LogP contribution is 2.36. The maximum Gasteiger partial charge on any atom is 0.248 e. The van der Waals surface area contributed by atoms with Crippen molar-refractivity contribution in [3.8, 4) is 0 Å². The zero-order valence-corrected chi connectivity index (χ0v) is 9.16. The predicted octanol–water partition coefficient (Wildman–Crippen LogP) is 2.03. The van der Waals surface area contributed by atoms with E-state index in [-0.39, 0.29) is 5.91 Å². The molecule has 0 saturated heterocycles. The van der Waals surface area contributed by atoms with Crippen LogP contribution < -0.4 is 0 Å². The number of hydrogen-bond donors (Lipinski definition) is 0. The van der Waals surface area contributed by atoms with Crippen molar-refractivity contribution in [2.75, 3.05) is 0 Å². The van der Waals surface area contributed by atoms with Gasteiger partial charge in [0.1, 0.15) is 0 Å². The molecule has 3 heteroatoms. The van der Waals surface area contributed by atoms with Gasteiger partial charge in [0.25, 0.3) is 0 Å². The van der Waals surface area contributed by atoms with E-state index in [2.05, 4.69) is 25.9 Å². The highest BCUT2D eigenvalue weighted by atomic mass is 16.2. The molecule has 78 valence electrons. The van der Waals surface area contributed by atoms with Crippen molar-refractivity contribution in [3.63, 3.8) is 0 Å². The minimum Gasteiger partial charge on any atom is -0.273 e. The molecule has 0 bridgehead atoms. The lowest BCUT2D eigenvalue weighted by Gasteiger charge is -2.19. The van der Waals surface area contributed by atoms with Gasteiger partial charge < -0.3 is 0 Å². The monoisotopic (exact) mass is 194 g/mol. The molecule has 1 unspecified atom stereocenters. The zero-order valence-electron chi connectivity index (χ0n) is 9.16. The Morgan fingerprint density at radius 3 is 2.43 bits per heavy atom. The molecule has 14 heavy (non-hydrogen) atoms. The average molecular weight is 194 g/mol. The molecule has 0 N–H and O–H groups in total. The van der Waals surface area contributed by atoms with Crippen LogP contribution in [0.15, 0.2) is 5.10 Å². The van der Waals surface area contributed by atoms with Crippen LogP contribution in [0.3, 0.4) is 0 Å². The Hall–Kier alpha value is -0.860. The summed E-state index contributed by atoms with van der Waals surface area (Å²) in [5.74, 6) is 1.29. The summed E-state index contributed by atoms with van der Waals surface area (Å²) in [5, 5.41) is 6.15. The molecule has 1 amide bonds. The predicted molar refractivity (Wildman–Crippen MR) is 55.9 cm³/mol. The summed E-state index contributed by atoms with van der Waals surface area (Å²) in [6.45, 7) is 6.30. The van der Waals surface area contributed by atoms with Gasteiger partial charge in [0.05, 0.1) is 18.2 Å². The Kier molecular flexibility index (Phi) is 2.33. The van der Waals surface area contributed by atoms with Crippen LogP contribution in [0.1, 0.15) is 40.0 Å². The maximum absolute atomic E-state index is 11.7. The third-order valence-electron chi connectivity index (χ3n) is 3.18. The van der Waals surface area contributed by atoms with Crippen LogP contribution in [0, 0.1) is 11.8 Å². The van der Waals surface area contributed by atoms with E-state index in [1.54, 1.807) is 5.01 Å². The SMILES string of the molecule is CC(C)C1=NN(C(C)C2CC2)C(=O)C1. The number of hydrogen-bond acceptors (Lipinski definition) is 2. The lowest BCUT2D eigenvalue weighted by Crippen LogP contribution is -2.32. The Morgan fingerprint density at radius 1 is 1.36 bits per heavy atom. The molecule has 0 spiro atoms. The molecular formula is C11H18N2O. The van der Waals surface area contributed by atoms with Crippen LogP contribution in [0.2, 0.25) is 0 Å². The van der Waals surface area contributed by atoms with E-state index in [0.717, 1.165) is 5.71 Å². The standard InChI is InChI=1S/C11H18N2O/c1-7(2)10-6-11(14)13(12-10)8(3)9-4-5-9/h7-9H,4-6H2,1-3H3. The van der Waals surface area contributed by atoms with Gasteiger partial charge in [-0.3, -0.25) is 4.79 Å². The highest BCUT2D eigenvalue weighted by molar-refractivity contribution is 6.05. The van der Waals surface area contributed by atoms with Crippen molar-refractivity contribution >= 4 is 11.6 Å². The fourth-order valence-corrected chi connectivity index (χ4v) is 1.88. The molecule has 3 nitrogen and oxygen atoms in total. The molecule has 0 aromatic rings. The quantitative estimate of drug-likeness (QED) is 0.676. The summed E-state index contributed by atoms with van der Waals surface area (Å²) < 4.78 is 0. The first kappa shape index (κ1) is 9.69. The van der Waals surface area contributed by atoms with E-state index >= 15 is 0 Å². The second-order valence-electron chi connectivity index (χ2n) is 4.74. The lowest BCUT2D eigenvalue weighted by atomic mass is 10.1. The third kappa shape index (κ3) is 1.68. The van der Waals surface area contributed by atoms with Crippen LogP contribution in [0.25, 0.3) is 0 Å². The van der Waals surface area contributed by atoms with Crippen molar-refractivity contribution in [3.05, 3.63) is 0 Å². The summed E-state index contributed by atoms with van der Waals surface area (Å²) in [7, 11) is 0. The van der Waals surface area contributed by atoms with E-state index in [4.69, 9.17) is 0 Å². The third-order valence-corrected chi connectivity index (χ3v) is 3.18. The van der Waals surface area contributed by atoms with Crippen molar-refractivity contribution in [2.24, 2.45) is 16.9 Å². The van der Waals surface area contributed by atoms with E-state index in [1.165, 1.54) is 12.8 Å². The smallest absolute Gasteiger partial charge is 0.248 e. The van der Waals surface area contributed by atoms with E-state index < -0.39 is 0 Å². The fourth-order valence-electron chi connectivity index (χ4n) is 1.88. The number of nitrogens with zero attached hydrogens (tertiary/aromatic N) is 2. The first-order valence-corrected chi connectivity index (χ1v) is 5.49. The van der Waals surface area contributed by atoms with Crippen LogP contribution >= 0.6 is 0 Å². The lowest BCUT2D eigenvalue weighted by molar-refractivity contribution is -0.130. The summed E-state index contributed by atoms with van der Waals surface area (Å²) in [5.41, 5.74) is 1.04. The molecule has 1 atom stereocenters. The summed E-state index contributed by atoms with van der Waals surface area (Å²) >= 11 is 0. The van der Waals surface area contributed by atoms with E-state index in [9.17, 15) is 4.79 Å². The van der Waals surface area contributed by atoms with Gasteiger partial charge in [0, 0.05) is 0 Å². The van der Waals surface area contributed by atoms with Gasteiger partial charge in [-0.1, -0.05) is 13.8 Å². The molecule has 1 saturated carbocycles. The summed E-state index contributed by atoms with van der Waals surface area (Å²) in [4.78, 5) is 11.7. The van der Waals surface area contributed by atoms with Gasteiger partial charge in [-0.25, -0.2) is 5.01 Å². The van der Waals surface area contributed by atoms with Crippen LogP contribution in [0.5, 0.6) is 0 Å². The number of carbonyl (C=O) groups is 1.